The largest absolute Gasteiger partial charge is 0.395 e. The number of aromatic amines is 1. The maximum atomic E-state index is 11.5. The number of halogens is 1. The van der Waals surface area contributed by atoms with Crippen molar-refractivity contribution in [1.29, 1.82) is 0 Å². The number of aliphatic hydroxyl groups is 1. The number of aliphatic hydroxyl groups excluding tert-OH is 1. The van der Waals surface area contributed by atoms with Crippen LogP contribution in [0.3, 0.4) is 0 Å². The maximum absolute atomic E-state index is 11.5. The Labute approximate surface area is 108 Å². The minimum atomic E-state index is -0.364. The van der Waals surface area contributed by atoms with E-state index in [1.165, 1.54) is 10.9 Å². The number of hydrogen-bond acceptors (Lipinski definition) is 3. The van der Waals surface area contributed by atoms with Crippen LogP contribution in [0.5, 0.6) is 0 Å². The fourth-order valence-electron chi connectivity index (χ4n) is 1.42. The number of rotatable bonds is 2. The van der Waals surface area contributed by atoms with Gasteiger partial charge in [0, 0.05) is 12.0 Å². The first-order valence-electron chi connectivity index (χ1n) is 5.24. The number of aromatic nitrogens is 3. The lowest BCUT2D eigenvalue weighted by atomic mass is 10.2. The molecule has 0 aliphatic carbocycles. The Morgan fingerprint density at radius 2 is 2.33 bits per heavy atom. The number of hydrogen-bond donors (Lipinski definition) is 2. The first kappa shape index (κ1) is 12.4. The van der Waals surface area contributed by atoms with E-state index in [2.05, 4.69) is 22.0 Å². The van der Waals surface area contributed by atoms with Crippen LogP contribution in [-0.2, 0) is 0 Å². The molecule has 1 heterocycles. The smallest absolute Gasteiger partial charge is 0.347 e. The SMILES string of the molecule is O=c1[nH]ncn1-c1cc(C#CCCO)ccc1Cl. The van der Waals surface area contributed by atoms with Crippen LogP contribution in [0.2, 0.25) is 5.02 Å². The van der Waals surface area contributed by atoms with Gasteiger partial charge in [0.25, 0.3) is 0 Å². The van der Waals surface area contributed by atoms with Crippen molar-refractivity contribution in [3.63, 3.8) is 0 Å². The van der Waals surface area contributed by atoms with Crippen molar-refractivity contribution < 1.29 is 5.11 Å². The van der Waals surface area contributed by atoms with Gasteiger partial charge in [0.2, 0.25) is 0 Å². The highest BCUT2D eigenvalue weighted by Crippen LogP contribution is 2.19. The summed E-state index contributed by atoms with van der Waals surface area (Å²) in [6.07, 6.45) is 1.76. The molecule has 5 nitrogen and oxygen atoms in total. The third kappa shape index (κ3) is 2.62. The Kier molecular flexibility index (Phi) is 3.82. The van der Waals surface area contributed by atoms with Gasteiger partial charge < -0.3 is 5.11 Å². The molecule has 0 saturated heterocycles. The second-order valence-electron chi connectivity index (χ2n) is 3.47. The molecule has 18 heavy (non-hydrogen) atoms. The second kappa shape index (κ2) is 5.54. The van der Waals surface area contributed by atoms with Gasteiger partial charge in [-0.15, -0.1) is 0 Å². The van der Waals surface area contributed by atoms with Crippen molar-refractivity contribution in [3.05, 3.63) is 45.6 Å². The van der Waals surface area contributed by atoms with Crippen LogP contribution in [-0.4, -0.2) is 26.5 Å². The van der Waals surface area contributed by atoms with Crippen molar-refractivity contribution in [2.75, 3.05) is 6.61 Å². The zero-order chi connectivity index (χ0) is 13.0. The highest BCUT2D eigenvalue weighted by atomic mass is 35.5. The van der Waals surface area contributed by atoms with Crippen molar-refractivity contribution >= 4 is 11.6 Å². The van der Waals surface area contributed by atoms with Gasteiger partial charge in [0.15, 0.2) is 0 Å². The molecule has 2 N–H and O–H groups in total. The summed E-state index contributed by atoms with van der Waals surface area (Å²) >= 11 is 6.03. The van der Waals surface area contributed by atoms with Crippen LogP contribution in [0.25, 0.3) is 5.69 Å². The summed E-state index contributed by atoms with van der Waals surface area (Å²) in [6, 6.07) is 5.12. The van der Waals surface area contributed by atoms with E-state index < -0.39 is 0 Å². The van der Waals surface area contributed by atoms with E-state index in [-0.39, 0.29) is 12.3 Å². The molecule has 2 rings (SSSR count). The molecule has 1 aromatic carbocycles. The molecule has 0 bridgehead atoms. The van der Waals surface area contributed by atoms with Gasteiger partial charge in [0.1, 0.15) is 6.33 Å². The van der Waals surface area contributed by atoms with Crippen LogP contribution in [0.15, 0.2) is 29.3 Å². The van der Waals surface area contributed by atoms with Crippen molar-refractivity contribution in [2.24, 2.45) is 0 Å². The molecular weight excluding hydrogens is 254 g/mol. The molecule has 0 aliphatic rings. The molecule has 0 spiro atoms. The first-order chi connectivity index (χ1) is 8.72. The van der Waals surface area contributed by atoms with Crippen molar-refractivity contribution in [2.45, 2.75) is 6.42 Å². The first-order valence-corrected chi connectivity index (χ1v) is 5.62. The molecule has 0 radical (unpaired) electrons. The van der Waals surface area contributed by atoms with E-state index in [0.29, 0.717) is 17.1 Å². The molecule has 0 amide bonds. The lowest BCUT2D eigenvalue weighted by Crippen LogP contribution is -2.14. The van der Waals surface area contributed by atoms with Crippen molar-refractivity contribution in [1.82, 2.24) is 14.8 Å². The summed E-state index contributed by atoms with van der Waals surface area (Å²) in [7, 11) is 0. The Balaban J connectivity index is 2.43. The molecule has 92 valence electrons. The Morgan fingerprint density at radius 3 is 3.00 bits per heavy atom. The third-order valence-corrected chi connectivity index (χ3v) is 2.55. The molecule has 0 saturated carbocycles. The molecule has 1 aromatic heterocycles. The summed E-state index contributed by atoms with van der Waals surface area (Å²) < 4.78 is 1.31. The highest BCUT2D eigenvalue weighted by molar-refractivity contribution is 6.32. The maximum Gasteiger partial charge on any atom is 0.347 e. The molecular formula is C12H10ClN3O2. The van der Waals surface area contributed by atoms with E-state index in [4.69, 9.17) is 16.7 Å². The van der Waals surface area contributed by atoms with Gasteiger partial charge in [-0.3, -0.25) is 0 Å². The van der Waals surface area contributed by atoms with Crippen LogP contribution in [0, 0.1) is 11.8 Å². The van der Waals surface area contributed by atoms with Gasteiger partial charge in [-0.05, 0) is 18.2 Å². The van der Waals surface area contributed by atoms with Crippen LogP contribution >= 0.6 is 11.6 Å². The molecule has 0 unspecified atom stereocenters. The molecule has 0 aliphatic heterocycles. The predicted molar refractivity (Wildman–Crippen MR) is 67.8 cm³/mol. The Bertz CT molecular complexity index is 664. The number of nitrogens with zero attached hydrogens (tertiary/aromatic N) is 2. The lowest BCUT2D eigenvalue weighted by molar-refractivity contribution is 0.305. The molecule has 0 atom stereocenters. The fourth-order valence-corrected chi connectivity index (χ4v) is 1.62. The zero-order valence-electron chi connectivity index (χ0n) is 9.35. The lowest BCUT2D eigenvalue weighted by Gasteiger charge is -2.03. The van der Waals surface area contributed by atoms with E-state index in [1.807, 2.05) is 0 Å². The molecule has 6 heteroatoms. The third-order valence-electron chi connectivity index (χ3n) is 2.23. The van der Waals surface area contributed by atoms with Gasteiger partial charge in [-0.1, -0.05) is 23.4 Å². The normalized spacial score (nSPS) is 9.89. The molecule has 0 fully saturated rings. The summed E-state index contributed by atoms with van der Waals surface area (Å²) in [5, 5.41) is 15.0. The summed E-state index contributed by atoms with van der Waals surface area (Å²) in [5.74, 6) is 5.68. The quantitative estimate of drug-likeness (QED) is 0.793. The van der Waals surface area contributed by atoms with Gasteiger partial charge in [-0.2, -0.15) is 5.10 Å². The van der Waals surface area contributed by atoms with E-state index >= 15 is 0 Å². The van der Waals surface area contributed by atoms with Crippen LogP contribution in [0.4, 0.5) is 0 Å². The predicted octanol–water partition coefficient (Wildman–Crippen LogP) is 0.948. The number of benzene rings is 1. The Morgan fingerprint density at radius 1 is 1.50 bits per heavy atom. The number of nitrogens with one attached hydrogen (secondary N) is 1. The standard InChI is InChI=1S/C12H10ClN3O2/c13-10-5-4-9(3-1-2-6-17)7-11(10)16-8-14-15-12(16)18/h4-5,7-8,17H,2,6H2,(H,15,18). The highest BCUT2D eigenvalue weighted by Gasteiger charge is 2.06. The summed E-state index contributed by atoms with van der Waals surface area (Å²) in [6.45, 7) is 0.0225. The fraction of sp³-hybridized carbons (Fsp3) is 0.167. The van der Waals surface area contributed by atoms with Crippen LogP contribution < -0.4 is 5.69 Å². The Hall–Kier alpha value is -2.03. The van der Waals surface area contributed by atoms with Crippen LogP contribution in [0.1, 0.15) is 12.0 Å². The topological polar surface area (TPSA) is 70.9 Å². The number of H-pyrrole nitrogens is 1. The van der Waals surface area contributed by atoms with E-state index in [9.17, 15) is 4.79 Å². The monoisotopic (exact) mass is 263 g/mol. The summed E-state index contributed by atoms with van der Waals surface area (Å²) in [5.41, 5.74) is 0.875. The van der Waals surface area contributed by atoms with Gasteiger partial charge >= 0.3 is 5.69 Å². The molecule has 2 aromatic rings. The average molecular weight is 264 g/mol. The van der Waals surface area contributed by atoms with Gasteiger partial charge in [0.05, 0.1) is 17.3 Å². The van der Waals surface area contributed by atoms with Crippen molar-refractivity contribution in [3.8, 4) is 17.5 Å². The minimum absolute atomic E-state index is 0.0225. The zero-order valence-corrected chi connectivity index (χ0v) is 10.1. The average Bonchev–Trinajstić information content (AvgIpc) is 2.78. The summed E-state index contributed by atoms with van der Waals surface area (Å²) in [4.78, 5) is 11.5. The van der Waals surface area contributed by atoms with E-state index in [1.54, 1.807) is 18.2 Å². The second-order valence-corrected chi connectivity index (χ2v) is 3.88. The minimum Gasteiger partial charge on any atom is -0.395 e. The van der Waals surface area contributed by atoms with E-state index in [0.717, 1.165) is 5.56 Å². The van der Waals surface area contributed by atoms with Gasteiger partial charge in [-0.25, -0.2) is 14.5 Å².